The summed E-state index contributed by atoms with van der Waals surface area (Å²) < 4.78 is 0. The van der Waals surface area contributed by atoms with Crippen molar-refractivity contribution in [3.05, 3.63) is 30.3 Å². The fourth-order valence-corrected chi connectivity index (χ4v) is 2.78. The van der Waals surface area contributed by atoms with Crippen molar-refractivity contribution < 1.29 is 0 Å². The van der Waals surface area contributed by atoms with Gasteiger partial charge in [0.15, 0.2) is 0 Å². The van der Waals surface area contributed by atoms with E-state index in [4.69, 9.17) is 0 Å². The van der Waals surface area contributed by atoms with Gasteiger partial charge in [0.05, 0.1) is 0 Å². The SMILES string of the molecule is CCC1CCCN(CCCNc2ccccc2)C1. The third-order valence-electron chi connectivity index (χ3n) is 3.93. The average molecular weight is 246 g/mol. The molecule has 0 spiro atoms. The van der Waals surface area contributed by atoms with Crippen LogP contribution in [0, 0.1) is 5.92 Å². The van der Waals surface area contributed by atoms with Crippen molar-refractivity contribution in [1.29, 1.82) is 0 Å². The number of hydrogen-bond acceptors (Lipinski definition) is 2. The molecule has 2 nitrogen and oxygen atoms in total. The van der Waals surface area contributed by atoms with Crippen molar-refractivity contribution in [2.24, 2.45) is 5.92 Å². The molecule has 0 aliphatic carbocycles. The Labute approximate surface area is 111 Å². The molecule has 1 aliphatic heterocycles. The normalized spacial score (nSPS) is 20.8. The molecule has 2 rings (SSSR count). The van der Waals surface area contributed by atoms with Gasteiger partial charge in [-0.3, -0.25) is 0 Å². The van der Waals surface area contributed by atoms with Crippen LogP contribution < -0.4 is 5.32 Å². The average Bonchev–Trinajstić information content (AvgIpc) is 2.45. The van der Waals surface area contributed by atoms with Crippen molar-refractivity contribution in [3.8, 4) is 0 Å². The molecule has 0 radical (unpaired) electrons. The predicted molar refractivity (Wildman–Crippen MR) is 79.0 cm³/mol. The van der Waals surface area contributed by atoms with Crippen LogP contribution >= 0.6 is 0 Å². The van der Waals surface area contributed by atoms with Gasteiger partial charge in [-0.15, -0.1) is 0 Å². The highest BCUT2D eigenvalue weighted by Crippen LogP contribution is 2.19. The second-order valence-corrected chi connectivity index (χ2v) is 5.36. The molecule has 0 amide bonds. The smallest absolute Gasteiger partial charge is 0.0340 e. The van der Waals surface area contributed by atoms with E-state index in [9.17, 15) is 0 Å². The first kappa shape index (κ1) is 13.4. The second kappa shape index (κ2) is 7.42. The van der Waals surface area contributed by atoms with Gasteiger partial charge in [0, 0.05) is 18.8 Å². The molecular weight excluding hydrogens is 220 g/mol. The van der Waals surface area contributed by atoms with Crippen molar-refractivity contribution in [2.75, 3.05) is 31.5 Å². The van der Waals surface area contributed by atoms with E-state index in [0.29, 0.717) is 0 Å². The molecular formula is C16H26N2. The lowest BCUT2D eigenvalue weighted by molar-refractivity contribution is 0.171. The third-order valence-corrected chi connectivity index (χ3v) is 3.93. The Hall–Kier alpha value is -1.02. The quantitative estimate of drug-likeness (QED) is 0.771. The molecule has 1 aromatic rings. The molecule has 18 heavy (non-hydrogen) atoms. The second-order valence-electron chi connectivity index (χ2n) is 5.36. The highest BCUT2D eigenvalue weighted by Gasteiger charge is 2.17. The minimum absolute atomic E-state index is 0.945. The summed E-state index contributed by atoms with van der Waals surface area (Å²) in [6.45, 7) is 7.28. The van der Waals surface area contributed by atoms with Crippen LogP contribution in [0.1, 0.15) is 32.6 Å². The van der Waals surface area contributed by atoms with E-state index in [1.807, 2.05) is 0 Å². The maximum Gasteiger partial charge on any atom is 0.0340 e. The fraction of sp³-hybridized carbons (Fsp3) is 0.625. The predicted octanol–water partition coefficient (Wildman–Crippen LogP) is 3.61. The molecule has 1 saturated heterocycles. The van der Waals surface area contributed by atoms with Gasteiger partial charge in [0.2, 0.25) is 0 Å². The van der Waals surface area contributed by atoms with Crippen molar-refractivity contribution in [2.45, 2.75) is 32.6 Å². The van der Waals surface area contributed by atoms with E-state index >= 15 is 0 Å². The number of nitrogens with zero attached hydrogens (tertiary/aromatic N) is 1. The molecule has 1 aliphatic rings. The standard InChI is InChI=1S/C16H26N2/c1-2-15-8-6-12-18(14-15)13-7-11-17-16-9-4-3-5-10-16/h3-5,9-10,15,17H,2,6-8,11-14H2,1H3. The Morgan fingerprint density at radius 1 is 1.28 bits per heavy atom. The molecule has 1 aromatic carbocycles. The van der Waals surface area contributed by atoms with Crippen LogP contribution in [0.3, 0.4) is 0 Å². The van der Waals surface area contributed by atoms with E-state index in [0.717, 1.165) is 12.5 Å². The van der Waals surface area contributed by atoms with Gasteiger partial charge in [-0.1, -0.05) is 31.5 Å². The number of anilines is 1. The maximum absolute atomic E-state index is 3.48. The van der Waals surface area contributed by atoms with Crippen molar-refractivity contribution in [3.63, 3.8) is 0 Å². The topological polar surface area (TPSA) is 15.3 Å². The molecule has 0 bridgehead atoms. The number of likely N-dealkylation sites (tertiary alicyclic amines) is 1. The van der Waals surface area contributed by atoms with Gasteiger partial charge in [-0.25, -0.2) is 0 Å². The van der Waals surface area contributed by atoms with Gasteiger partial charge < -0.3 is 10.2 Å². The number of para-hydroxylation sites is 1. The van der Waals surface area contributed by atoms with E-state index in [-0.39, 0.29) is 0 Å². The van der Waals surface area contributed by atoms with Gasteiger partial charge >= 0.3 is 0 Å². The zero-order valence-corrected chi connectivity index (χ0v) is 11.6. The van der Waals surface area contributed by atoms with E-state index < -0.39 is 0 Å². The van der Waals surface area contributed by atoms with Gasteiger partial charge in [0.25, 0.3) is 0 Å². The summed E-state index contributed by atoms with van der Waals surface area (Å²) in [7, 11) is 0. The first-order valence-electron chi connectivity index (χ1n) is 7.39. The molecule has 100 valence electrons. The van der Waals surface area contributed by atoms with Crippen LogP contribution in [-0.4, -0.2) is 31.1 Å². The maximum atomic E-state index is 3.48. The first-order chi connectivity index (χ1) is 8.88. The number of piperidine rings is 1. The van der Waals surface area contributed by atoms with Crippen LogP contribution in [0.25, 0.3) is 0 Å². The Balaban J connectivity index is 1.60. The van der Waals surface area contributed by atoms with Crippen LogP contribution in [0.5, 0.6) is 0 Å². The van der Waals surface area contributed by atoms with E-state index in [1.165, 1.54) is 51.0 Å². The lowest BCUT2D eigenvalue weighted by Gasteiger charge is -2.32. The number of benzene rings is 1. The fourth-order valence-electron chi connectivity index (χ4n) is 2.78. The number of rotatable bonds is 6. The summed E-state index contributed by atoms with van der Waals surface area (Å²) >= 11 is 0. The molecule has 0 saturated carbocycles. The summed E-state index contributed by atoms with van der Waals surface area (Å²) in [6, 6.07) is 10.5. The molecule has 1 atom stereocenters. The molecule has 1 heterocycles. The lowest BCUT2D eigenvalue weighted by Crippen LogP contribution is -2.36. The monoisotopic (exact) mass is 246 g/mol. The molecule has 1 fully saturated rings. The van der Waals surface area contributed by atoms with Crippen LogP contribution in [0.15, 0.2) is 30.3 Å². The van der Waals surface area contributed by atoms with Gasteiger partial charge in [0.1, 0.15) is 0 Å². The van der Waals surface area contributed by atoms with E-state index in [1.54, 1.807) is 0 Å². The Morgan fingerprint density at radius 2 is 2.11 bits per heavy atom. The summed E-state index contributed by atoms with van der Waals surface area (Å²) in [5.74, 6) is 0.945. The first-order valence-corrected chi connectivity index (χ1v) is 7.39. The minimum atomic E-state index is 0.945. The molecule has 0 aromatic heterocycles. The highest BCUT2D eigenvalue weighted by atomic mass is 15.1. The van der Waals surface area contributed by atoms with Crippen LogP contribution in [0.4, 0.5) is 5.69 Å². The summed E-state index contributed by atoms with van der Waals surface area (Å²) in [5.41, 5.74) is 1.24. The van der Waals surface area contributed by atoms with Crippen LogP contribution in [0.2, 0.25) is 0 Å². The molecule has 1 unspecified atom stereocenters. The molecule has 1 N–H and O–H groups in total. The van der Waals surface area contributed by atoms with Crippen molar-refractivity contribution >= 4 is 5.69 Å². The number of nitrogens with one attached hydrogen (secondary N) is 1. The molecule has 2 heteroatoms. The zero-order chi connectivity index (χ0) is 12.6. The third kappa shape index (κ3) is 4.34. The van der Waals surface area contributed by atoms with Crippen LogP contribution in [-0.2, 0) is 0 Å². The van der Waals surface area contributed by atoms with E-state index in [2.05, 4.69) is 47.5 Å². The Morgan fingerprint density at radius 3 is 2.89 bits per heavy atom. The Kier molecular flexibility index (Phi) is 5.53. The Bertz CT molecular complexity index is 323. The lowest BCUT2D eigenvalue weighted by atomic mass is 9.95. The highest BCUT2D eigenvalue weighted by molar-refractivity contribution is 5.42. The van der Waals surface area contributed by atoms with Crippen molar-refractivity contribution in [1.82, 2.24) is 4.90 Å². The van der Waals surface area contributed by atoms with Gasteiger partial charge in [-0.05, 0) is 50.4 Å². The largest absolute Gasteiger partial charge is 0.385 e. The summed E-state index contributed by atoms with van der Waals surface area (Å²) in [5, 5.41) is 3.48. The number of hydrogen-bond donors (Lipinski definition) is 1. The van der Waals surface area contributed by atoms with Gasteiger partial charge in [-0.2, -0.15) is 0 Å². The summed E-state index contributed by atoms with van der Waals surface area (Å²) in [6.07, 6.45) is 5.42. The minimum Gasteiger partial charge on any atom is -0.385 e. The summed E-state index contributed by atoms with van der Waals surface area (Å²) in [4.78, 5) is 2.64. The zero-order valence-electron chi connectivity index (χ0n) is 11.6.